The zero-order valence-corrected chi connectivity index (χ0v) is 5.31. The van der Waals surface area contributed by atoms with Gasteiger partial charge in [0, 0.05) is 6.72 Å². The summed E-state index contributed by atoms with van der Waals surface area (Å²) in [6.07, 6.45) is 0. The van der Waals surface area contributed by atoms with Gasteiger partial charge in [-0.3, -0.25) is 0 Å². The van der Waals surface area contributed by atoms with Gasteiger partial charge in [0.05, 0.1) is 5.71 Å². The second-order valence-corrected chi connectivity index (χ2v) is 1.61. The zero-order chi connectivity index (χ0) is 6.57. The fourth-order valence-electron chi connectivity index (χ4n) is 0.191. The Labute approximate surface area is 49.6 Å². The van der Waals surface area contributed by atoms with Crippen LogP contribution in [-0.2, 0) is 0 Å². The molecule has 0 aromatic heterocycles. The van der Waals surface area contributed by atoms with Crippen LogP contribution >= 0.6 is 0 Å². The van der Waals surface area contributed by atoms with Crippen molar-refractivity contribution in [2.75, 3.05) is 0 Å². The molecule has 0 radical (unpaired) electrons. The fourth-order valence-corrected chi connectivity index (χ4v) is 0.191. The first-order chi connectivity index (χ1) is 3.68. The third kappa shape index (κ3) is 2.29. The second kappa shape index (κ2) is 3.13. The van der Waals surface area contributed by atoms with E-state index >= 15 is 0 Å². The van der Waals surface area contributed by atoms with Crippen molar-refractivity contribution < 1.29 is 0 Å². The predicted octanol–water partition coefficient (Wildman–Crippen LogP) is 1.64. The van der Waals surface area contributed by atoms with Crippen molar-refractivity contribution in [1.82, 2.24) is 0 Å². The monoisotopic (exact) mass is 110 g/mol. The smallest absolute Gasteiger partial charge is 0.0622 e. The molecule has 0 saturated carbocycles. The minimum Gasteiger partial charge on any atom is -0.167 e. The van der Waals surface area contributed by atoms with Crippen molar-refractivity contribution in [3.63, 3.8) is 0 Å². The molecule has 8 heavy (non-hydrogen) atoms. The summed E-state index contributed by atoms with van der Waals surface area (Å²) in [6.45, 7) is 10.6. The van der Waals surface area contributed by atoms with Gasteiger partial charge in [-0.15, -0.1) is 0 Å². The standard InChI is InChI=1S/C6H10N2/c1-5(2)6(3)8-7-4/h1,4H2,2-3H3/b8-6-. The Bertz CT molecular complexity index is 133. The Morgan fingerprint density at radius 1 is 1.38 bits per heavy atom. The quantitative estimate of drug-likeness (QED) is 0.381. The molecule has 2 nitrogen and oxygen atoms in total. The maximum Gasteiger partial charge on any atom is 0.0622 e. The molecule has 0 heterocycles. The number of allylic oxidation sites excluding steroid dienone is 1. The third-order valence-electron chi connectivity index (χ3n) is 0.838. The molecule has 0 N–H and O–H groups in total. The van der Waals surface area contributed by atoms with Gasteiger partial charge in [0.25, 0.3) is 0 Å². The predicted molar refractivity (Wildman–Crippen MR) is 37.5 cm³/mol. The Hall–Kier alpha value is -0.920. The molecule has 0 aromatic rings. The molecule has 0 aromatic carbocycles. The van der Waals surface area contributed by atoms with Gasteiger partial charge in [-0.2, -0.15) is 10.2 Å². The summed E-state index contributed by atoms with van der Waals surface area (Å²) in [6, 6.07) is 0. The second-order valence-electron chi connectivity index (χ2n) is 1.61. The van der Waals surface area contributed by atoms with E-state index in [-0.39, 0.29) is 0 Å². The Kier molecular flexibility index (Phi) is 2.77. The van der Waals surface area contributed by atoms with Crippen LogP contribution in [0.4, 0.5) is 0 Å². The van der Waals surface area contributed by atoms with Crippen LogP contribution in [0.15, 0.2) is 22.4 Å². The van der Waals surface area contributed by atoms with Crippen LogP contribution in [0.1, 0.15) is 13.8 Å². The lowest BCUT2D eigenvalue weighted by molar-refractivity contribution is 1.25. The van der Waals surface area contributed by atoms with Crippen molar-refractivity contribution in [3.8, 4) is 0 Å². The van der Waals surface area contributed by atoms with Gasteiger partial charge in [-0.1, -0.05) is 6.58 Å². The molecular weight excluding hydrogens is 100 g/mol. The maximum atomic E-state index is 3.66. The Balaban J connectivity index is 3.99. The van der Waals surface area contributed by atoms with E-state index in [9.17, 15) is 0 Å². The molecule has 2 heteroatoms. The van der Waals surface area contributed by atoms with E-state index in [4.69, 9.17) is 0 Å². The highest BCUT2D eigenvalue weighted by Gasteiger charge is 1.86. The normalized spacial score (nSPS) is 11.0. The largest absolute Gasteiger partial charge is 0.167 e. The van der Waals surface area contributed by atoms with E-state index in [1.54, 1.807) is 0 Å². The molecule has 0 aliphatic heterocycles. The number of hydrogen-bond acceptors (Lipinski definition) is 2. The summed E-state index contributed by atoms with van der Waals surface area (Å²) < 4.78 is 0. The van der Waals surface area contributed by atoms with Gasteiger partial charge in [0.1, 0.15) is 0 Å². The maximum absolute atomic E-state index is 3.66. The van der Waals surface area contributed by atoms with Crippen LogP contribution in [0.3, 0.4) is 0 Å². The summed E-state index contributed by atoms with van der Waals surface area (Å²) in [5, 5.41) is 6.99. The molecular formula is C6H10N2. The number of hydrogen-bond donors (Lipinski definition) is 0. The van der Waals surface area contributed by atoms with Gasteiger partial charge < -0.3 is 0 Å². The molecule has 0 aliphatic rings. The lowest BCUT2D eigenvalue weighted by Gasteiger charge is -1.90. The van der Waals surface area contributed by atoms with E-state index in [1.807, 2.05) is 13.8 Å². The molecule has 0 amide bonds. The summed E-state index contributed by atoms with van der Waals surface area (Å²) in [4.78, 5) is 0. The van der Waals surface area contributed by atoms with E-state index in [1.165, 1.54) is 0 Å². The SMILES string of the molecule is C=N/N=C(/C)C(=C)C. The molecule has 0 saturated heterocycles. The Morgan fingerprint density at radius 2 is 1.88 bits per heavy atom. The van der Waals surface area contributed by atoms with Crippen molar-refractivity contribution in [3.05, 3.63) is 12.2 Å². The van der Waals surface area contributed by atoms with Crippen LogP contribution in [0, 0.1) is 0 Å². The third-order valence-corrected chi connectivity index (χ3v) is 0.838. The topological polar surface area (TPSA) is 24.7 Å². The average molecular weight is 110 g/mol. The first-order valence-electron chi connectivity index (χ1n) is 2.34. The number of rotatable bonds is 2. The van der Waals surface area contributed by atoms with Crippen LogP contribution in [0.25, 0.3) is 0 Å². The lowest BCUT2D eigenvalue weighted by atomic mass is 10.2. The molecule has 0 spiro atoms. The highest BCUT2D eigenvalue weighted by atomic mass is 15.2. The summed E-state index contributed by atoms with van der Waals surface area (Å²) in [7, 11) is 0. The summed E-state index contributed by atoms with van der Waals surface area (Å²) in [5.74, 6) is 0. The summed E-state index contributed by atoms with van der Waals surface area (Å²) >= 11 is 0. The van der Waals surface area contributed by atoms with E-state index < -0.39 is 0 Å². The Morgan fingerprint density at radius 3 is 2.00 bits per heavy atom. The average Bonchev–Trinajstić information content (AvgIpc) is 1.67. The van der Waals surface area contributed by atoms with Crippen LogP contribution < -0.4 is 0 Å². The first-order valence-corrected chi connectivity index (χ1v) is 2.34. The fraction of sp³-hybridized carbons (Fsp3) is 0.333. The van der Waals surface area contributed by atoms with Crippen molar-refractivity contribution >= 4 is 12.4 Å². The molecule has 44 valence electrons. The van der Waals surface area contributed by atoms with Gasteiger partial charge in [0.2, 0.25) is 0 Å². The minimum absolute atomic E-state index is 0.833. The van der Waals surface area contributed by atoms with Gasteiger partial charge in [-0.05, 0) is 19.4 Å². The molecule has 0 unspecified atom stereocenters. The molecule has 0 aliphatic carbocycles. The van der Waals surface area contributed by atoms with Gasteiger partial charge >= 0.3 is 0 Å². The highest BCUT2D eigenvalue weighted by Crippen LogP contribution is 1.90. The van der Waals surface area contributed by atoms with Crippen molar-refractivity contribution in [1.29, 1.82) is 0 Å². The van der Waals surface area contributed by atoms with Gasteiger partial charge in [-0.25, -0.2) is 0 Å². The van der Waals surface area contributed by atoms with Crippen LogP contribution in [-0.4, -0.2) is 12.4 Å². The van der Waals surface area contributed by atoms with E-state index in [0.29, 0.717) is 0 Å². The molecule has 0 rings (SSSR count). The van der Waals surface area contributed by atoms with E-state index in [2.05, 4.69) is 23.5 Å². The summed E-state index contributed by atoms with van der Waals surface area (Å²) in [5.41, 5.74) is 1.76. The lowest BCUT2D eigenvalue weighted by Crippen LogP contribution is -1.88. The van der Waals surface area contributed by atoms with E-state index in [0.717, 1.165) is 11.3 Å². The van der Waals surface area contributed by atoms with Crippen molar-refractivity contribution in [2.45, 2.75) is 13.8 Å². The molecule has 0 atom stereocenters. The van der Waals surface area contributed by atoms with Crippen molar-refractivity contribution in [2.24, 2.45) is 10.2 Å². The van der Waals surface area contributed by atoms with Gasteiger partial charge in [0.15, 0.2) is 0 Å². The highest BCUT2D eigenvalue weighted by molar-refractivity contribution is 5.96. The number of nitrogens with zero attached hydrogens (tertiary/aromatic N) is 2. The first kappa shape index (κ1) is 7.08. The molecule has 0 bridgehead atoms. The zero-order valence-electron chi connectivity index (χ0n) is 5.31. The molecule has 0 fully saturated rings. The minimum atomic E-state index is 0.833. The van der Waals surface area contributed by atoms with Crippen LogP contribution in [0.2, 0.25) is 0 Å². The van der Waals surface area contributed by atoms with Crippen LogP contribution in [0.5, 0.6) is 0 Å².